The summed E-state index contributed by atoms with van der Waals surface area (Å²) in [5.74, 6) is -0.938. The van der Waals surface area contributed by atoms with Crippen LogP contribution < -0.4 is 0 Å². The molecule has 0 saturated carbocycles. The highest BCUT2D eigenvalue weighted by Gasteiger charge is 2.24. The minimum absolute atomic E-state index is 0.177. The molecule has 2 aromatic rings. The van der Waals surface area contributed by atoms with Crippen LogP contribution in [-0.4, -0.2) is 20.7 Å². The monoisotopic (exact) mass is 303 g/mol. The lowest BCUT2D eigenvalue weighted by Gasteiger charge is -2.22. The Balaban J connectivity index is 2.92. The van der Waals surface area contributed by atoms with Gasteiger partial charge >= 0.3 is 5.97 Å². The number of hydrogen-bond acceptors (Lipinski definition) is 2. The van der Waals surface area contributed by atoms with Crippen LogP contribution in [0.5, 0.6) is 0 Å². The van der Waals surface area contributed by atoms with Gasteiger partial charge in [-0.25, -0.2) is 4.79 Å². The van der Waals surface area contributed by atoms with Crippen molar-refractivity contribution in [2.24, 2.45) is 0 Å². The fourth-order valence-corrected chi connectivity index (χ4v) is 2.91. The van der Waals surface area contributed by atoms with Gasteiger partial charge in [0.05, 0.1) is 17.2 Å². The largest absolute Gasteiger partial charge is 0.478 e. The molecular formula is C18H25NO3. The Morgan fingerprint density at radius 1 is 1.32 bits per heavy atom. The predicted octanol–water partition coefficient (Wildman–Crippen LogP) is 4.10. The molecule has 1 aromatic carbocycles. The molecule has 0 saturated heterocycles. The van der Waals surface area contributed by atoms with E-state index in [0.29, 0.717) is 0 Å². The molecule has 1 unspecified atom stereocenters. The van der Waals surface area contributed by atoms with Crippen LogP contribution in [0, 0.1) is 0 Å². The SMILES string of the molecule is CCCn1cc(C(C)O)c2cc(C(=O)O)cc(C(C)(C)C)c21. The molecule has 1 atom stereocenters. The zero-order valence-corrected chi connectivity index (χ0v) is 14.0. The number of rotatable bonds is 4. The second-order valence-electron chi connectivity index (χ2n) is 6.93. The number of aliphatic hydroxyl groups excluding tert-OH is 1. The molecule has 2 rings (SSSR count). The molecule has 4 heteroatoms. The average Bonchev–Trinajstić information content (AvgIpc) is 2.76. The number of aromatic nitrogens is 1. The standard InChI is InChI=1S/C18H25NO3/c1-6-7-19-10-14(11(2)20)13-8-12(17(21)22)9-15(16(13)19)18(3,4)5/h8-11,20H,6-7H2,1-5H3,(H,21,22). The molecule has 0 fully saturated rings. The molecule has 120 valence electrons. The summed E-state index contributed by atoms with van der Waals surface area (Å²) in [6, 6.07) is 3.45. The number of hydrogen-bond donors (Lipinski definition) is 2. The van der Waals surface area contributed by atoms with E-state index in [1.54, 1.807) is 19.1 Å². The zero-order valence-electron chi connectivity index (χ0n) is 14.0. The Kier molecular flexibility index (Phi) is 4.34. The van der Waals surface area contributed by atoms with Crippen molar-refractivity contribution in [2.45, 2.75) is 59.1 Å². The van der Waals surface area contributed by atoms with E-state index in [1.165, 1.54) is 0 Å². The van der Waals surface area contributed by atoms with Gasteiger partial charge < -0.3 is 14.8 Å². The maximum absolute atomic E-state index is 11.5. The lowest BCUT2D eigenvalue weighted by molar-refractivity contribution is 0.0697. The fourth-order valence-electron chi connectivity index (χ4n) is 2.91. The summed E-state index contributed by atoms with van der Waals surface area (Å²) in [4.78, 5) is 11.5. The highest BCUT2D eigenvalue weighted by Crippen LogP contribution is 2.36. The molecule has 0 amide bonds. The van der Waals surface area contributed by atoms with Crippen LogP contribution in [-0.2, 0) is 12.0 Å². The zero-order chi connectivity index (χ0) is 16.7. The lowest BCUT2D eigenvalue weighted by atomic mass is 9.84. The average molecular weight is 303 g/mol. The molecule has 0 aliphatic carbocycles. The lowest BCUT2D eigenvalue weighted by Crippen LogP contribution is -2.15. The summed E-state index contributed by atoms with van der Waals surface area (Å²) in [5, 5.41) is 20.3. The number of aromatic carboxylic acids is 1. The second kappa shape index (κ2) is 5.76. The molecule has 0 bridgehead atoms. The van der Waals surface area contributed by atoms with Crippen molar-refractivity contribution in [3.05, 3.63) is 35.0 Å². The fraction of sp³-hybridized carbons (Fsp3) is 0.500. The van der Waals surface area contributed by atoms with E-state index < -0.39 is 12.1 Å². The molecule has 0 radical (unpaired) electrons. The number of fused-ring (bicyclic) bond motifs is 1. The Morgan fingerprint density at radius 2 is 1.95 bits per heavy atom. The topological polar surface area (TPSA) is 62.5 Å². The van der Waals surface area contributed by atoms with Crippen LogP contribution in [0.1, 0.15) is 68.6 Å². The second-order valence-corrected chi connectivity index (χ2v) is 6.93. The van der Waals surface area contributed by atoms with Gasteiger partial charge in [-0.15, -0.1) is 0 Å². The summed E-state index contributed by atoms with van der Waals surface area (Å²) < 4.78 is 2.14. The van der Waals surface area contributed by atoms with Gasteiger partial charge in [0.25, 0.3) is 0 Å². The van der Waals surface area contributed by atoms with E-state index in [9.17, 15) is 15.0 Å². The van der Waals surface area contributed by atoms with Gasteiger partial charge in [-0.1, -0.05) is 27.7 Å². The third-order valence-corrected chi connectivity index (χ3v) is 3.97. The highest BCUT2D eigenvalue weighted by atomic mass is 16.4. The molecule has 1 heterocycles. The van der Waals surface area contributed by atoms with Gasteiger partial charge in [-0.2, -0.15) is 0 Å². The van der Waals surface area contributed by atoms with Gasteiger partial charge in [0.2, 0.25) is 0 Å². The van der Waals surface area contributed by atoms with Crippen molar-refractivity contribution < 1.29 is 15.0 Å². The minimum Gasteiger partial charge on any atom is -0.478 e. The summed E-state index contributed by atoms with van der Waals surface area (Å²) >= 11 is 0. The van der Waals surface area contributed by atoms with E-state index in [0.717, 1.165) is 35.0 Å². The number of carbonyl (C=O) groups is 1. The number of aryl methyl sites for hydroxylation is 1. The van der Waals surface area contributed by atoms with Crippen LogP contribution >= 0.6 is 0 Å². The molecular weight excluding hydrogens is 278 g/mol. The first kappa shape index (κ1) is 16.6. The predicted molar refractivity (Wildman–Crippen MR) is 88.5 cm³/mol. The summed E-state index contributed by atoms with van der Waals surface area (Å²) in [7, 11) is 0. The van der Waals surface area contributed by atoms with Gasteiger partial charge in [-0.3, -0.25) is 0 Å². The van der Waals surface area contributed by atoms with E-state index in [4.69, 9.17) is 0 Å². The molecule has 1 aromatic heterocycles. The van der Waals surface area contributed by atoms with E-state index in [-0.39, 0.29) is 11.0 Å². The molecule has 0 aliphatic rings. The van der Waals surface area contributed by atoms with Gasteiger partial charge in [-0.05, 0) is 36.5 Å². The van der Waals surface area contributed by atoms with Gasteiger partial charge in [0, 0.05) is 23.7 Å². The van der Waals surface area contributed by atoms with Crippen LogP contribution in [0.2, 0.25) is 0 Å². The first-order valence-electron chi connectivity index (χ1n) is 7.75. The Bertz CT molecular complexity index is 705. The number of benzene rings is 1. The van der Waals surface area contributed by atoms with Crippen molar-refractivity contribution in [3.63, 3.8) is 0 Å². The Morgan fingerprint density at radius 3 is 2.41 bits per heavy atom. The highest BCUT2D eigenvalue weighted by molar-refractivity contribution is 5.97. The maximum Gasteiger partial charge on any atom is 0.335 e. The summed E-state index contributed by atoms with van der Waals surface area (Å²) in [5.41, 5.74) is 2.92. The van der Waals surface area contributed by atoms with E-state index in [2.05, 4.69) is 32.3 Å². The number of carboxylic acids is 1. The van der Waals surface area contributed by atoms with Crippen LogP contribution in [0.3, 0.4) is 0 Å². The third kappa shape index (κ3) is 2.88. The van der Waals surface area contributed by atoms with E-state index >= 15 is 0 Å². The Hall–Kier alpha value is -1.81. The quantitative estimate of drug-likeness (QED) is 0.894. The number of aliphatic hydroxyl groups is 1. The van der Waals surface area contributed by atoms with Crippen LogP contribution in [0.15, 0.2) is 18.3 Å². The molecule has 2 N–H and O–H groups in total. The first-order valence-corrected chi connectivity index (χ1v) is 7.75. The first-order chi connectivity index (χ1) is 10.2. The maximum atomic E-state index is 11.5. The normalized spacial score (nSPS) is 13.5. The van der Waals surface area contributed by atoms with Crippen molar-refractivity contribution in [1.29, 1.82) is 0 Å². The van der Waals surface area contributed by atoms with Crippen LogP contribution in [0.4, 0.5) is 0 Å². The van der Waals surface area contributed by atoms with Crippen molar-refractivity contribution in [1.82, 2.24) is 4.57 Å². The molecule has 22 heavy (non-hydrogen) atoms. The van der Waals surface area contributed by atoms with Gasteiger partial charge in [0.15, 0.2) is 0 Å². The van der Waals surface area contributed by atoms with Crippen LogP contribution in [0.25, 0.3) is 10.9 Å². The summed E-state index contributed by atoms with van der Waals surface area (Å²) in [6.07, 6.45) is 2.31. The smallest absolute Gasteiger partial charge is 0.335 e. The molecule has 0 aliphatic heterocycles. The number of carboxylic acid groups (broad SMARTS) is 1. The van der Waals surface area contributed by atoms with E-state index in [1.807, 2.05) is 6.20 Å². The molecule has 0 spiro atoms. The van der Waals surface area contributed by atoms with Gasteiger partial charge in [0.1, 0.15) is 0 Å². The Labute approximate surface area is 131 Å². The summed E-state index contributed by atoms with van der Waals surface area (Å²) in [6.45, 7) is 10.9. The molecule has 4 nitrogen and oxygen atoms in total. The number of nitrogens with zero attached hydrogens (tertiary/aromatic N) is 1. The van der Waals surface area contributed by atoms with Crippen molar-refractivity contribution in [2.75, 3.05) is 0 Å². The minimum atomic E-state index is -0.938. The van der Waals surface area contributed by atoms with Crippen molar-refractivity contribution in [3.8, 4) is 0 Å². The van der Waals surface area contributed by atoms with Crippen molar-refractivity contribution >= 4 is 16.9 Å². The third-order valence-electron chi connectivity index (χ3n) is 3.97.